The van der Waals surface area contributed by atoms with E-state index in [4.69, 9.17) is 14.5 Å². The summed E-state index contributed by atoms with van der Waals surface area (Å²) in [5, 5.41) is 3.56. The van der Waals surface area contributed by atoms with Gasteiger partial charge in [0.05, 0.1) is 32.4 Å². The highest BCUT2D eigenvalue weighted by molar-refractivity contribution is 14.0. The van der Waals surface area contributed by atoms with Crippen LogP contribution in [0.2, 0.25) is 0 Å². The zero-order valence-electron chi connectivity index (χ0n) is 19.4. The van der Waals surface area contributed by atoms with Crippen molar-refractivity contribution in [1.29, 1.82) is 0 Å². The number of hydrogen-bond donors (Lipinski definition) is 1. The van der Waals surface area contributed by atoms with Gasteiger partial charge < -0.3 is 24.6 Å². The van der Waals surface area contributed by atoms with Gasteiger partial charge in [0, 0.05) is 63.3 Å². The summed E-state index contributed by atoms with van der Waals surface area (Å²) in [7, 11) is 1.72. The number of aliphatic imine (C=N–C) groups is 1. The number of hydrogen-bond acceptors (Lipinski definition) is 6. The lowest BCUT2D eigenvalue weighted by atomic mass is 9.96. The lowest BCUT2D eigenvalue weighted by molar-refractivity contribution is -0.0105. The Hall–Kier alpha value is -0.910. The molecule has 1 aromatic carbocycles. The zero-order valence-corrected chi connectivity index (χ0v) is 22.6. The van der Waals surface area contributed by atoms with Crippen molar-refractivity contribution in [1.82, 2.24) is 15.1 Å². The molecule has 0 amide bonds. The standard InChI is InChI=1S/C23H37N5O2S.HI/c1-3-24-22(25-18-23(7-16-31-19-23)28-12-14-30-15-13-28)27-10-8-26(9-11-27)20-5-4-6-21(17-20)29-2;/h4-6,17H,3,7-16,18-19H2,1-2H3,(H,24,25);1H. The molecule has 3 aliphatic heterocycles. The normalized spacial score (nSPS) is 24.9. The van der Waals surface area contributed by atoms with Crippen molar-refractivity contribution in [2.24, 2.45) is 4.99 Å². The summed E-state index contributed by atoms with van der Waals surface area (Å²) >= 11 is 2.07. The van der Waals surface area contributed by atoms with Crippen molar-refractivity contribution >= 4 is 47.4 Å². The van der Waals surface area contributed by atoms with E-state index in [0.29, 0.717) is 0 Å². The Bertz CT molecular complexity index is 733. The van der Waals surface area contributed by atoms with Crippen LogP contribution in [0.5, 0.6) is 5.75 Å². The Balaban J connectivity index is 0.00000289. The van der Waals surface area contributed by atoms with E-state index in [2.05, 4.69) is 56.9 Å². The van der Waals surface area contributed by atoms with Gasteiger partial charge in [0.25, 0.3) is 0 Å². The molecule has 1 unspecified atom stereocenters. The van der Waals surface area contributed by atoms with Gasteiger partial charge in [-0.15, -0.1) is 24.0 Å². The van der Waals surface area contributed by atoms with Gasteiger partial charge in [-0.2, -0.15) is 11.8 Å². The molecule has 3 aliphatic rings. The van der Waals surface area contributed by atoms with Crippen LogP contribution >= 0.6 is 35.7 Å². The number of morpholine rings is 1. The minimum absolute atomic E-state index is 0. The number of methoxy groups -OCH3 is 1. The van der Waals surface area contributed by atoms with Crippen LogP contribution in [0.25, 0.3) is 0 Å². The van der Waals surface area contributed by atoms with E-state index in [9.17, 15) is 0 Å². The first-order valence-electron chi connectivity index (χ1n) is 11.6. The summed E-state index contributed by atoms with van der Waals surface area (Å²) in [5.41, 5.74) is 1.42. The Morgan fingerprint density at radius 2 is 1.97 bits per heavy atom. The van der Waals surface area contributed by atoms with Gasteiger partial charge in [0.15, 0.2) is 5.96 Å². The molecular weight excluding hydrogens is 537 g/mol. The molecule has 1 N–H and O–H groups in total. The Morgan fingerprint density at radius 1 is 1.19 bits per heavy atom. The molecule has 1 atom stereocenters. The second-order valence-electron chi connectivity index (χ2n) is 8.47. The highest BCUT2D eigenvalue weighted by Crippen LogP contribution is 2.34. The lowest BCUT2D eigenvalue weighted by Crippen LogP contribution is -2.57. The minimum Gasteiger partial charge on any atom is -0.497 e. The third kappa shape index (κ3) is 6.15. The molecule has 0 aliphatic carbocycles. The fourth-order valence-corrected chi connectivity index (χ4v) is 6.21. The van der Waals surface area contributed by atoms with Crippen molar-refractivity contribution < 1.29 is 9.47 Å². The molecule has 3 saturated heterocycles. The van der Waals surface area contributed by atoms with Crippen LogP contribution in [0.4, 0.5) is 5.69 Å². The fourth-order valence-electron chi connectivity index (χ4n) is 4.74. The predicted octanol–water partition coefficient (Wildman–Crippen LogP) is 2.61. The molecule has 7 nitrogen and oxygen atoms in total. The molecule has 0 saturated carbocycles. The summed E-state index contributed by atoms with van der Waals surface area (Å²) < 4.78 is 11.0. The number of piperazine rings is 1. The molecule has 32 heavy (non-hydrogen) atoms. The van der Waals surface area contributed by atoms with Crippen LogP contribution < -0.4 is 15.0 Å². The number of guanidine groups is 1. The fraction of sp³-hybridized carbons (Fsp3) is 0.696. The van der Waals surface area contributed by atoms with Crippen LogP contribution in [0.15, 0.2) is 29.3 Å². The first-order chi connectivity index (χ1) is 15.2. The molecular formula is C23H38IN5O2S. The van der Waals surface area contributed by atoms with Crippen LogP contribution in [0.1, 0.15) is 13.3 Å². The van der Waals surface area contributed by atoms with Gasteiger partial charge in [0.2, 0.25) is 0 Å². The number of nitrogens with zero attached hydrogens (tertiary/aromatic N) is 4. The van der Waals surface area contributed by atoms with Gasteiger partial charge in [-0.3, -0.25) is 9.89 Å². The highest BCUT2D eigenvalue weighted by Gasteiger charge is 2.40. The third-order valence-electron chi connectivity index (χ3n) is 6.62. The molecule has 0 spiro atoms. The molecule has 0 radical (unpaired) electrons. The van der Waals surface area contributed by atoms with E-state index >= 15 is 0 Å². The number of rotatable bonds is 6. The van der Waals surface area contributed by atoms with Crippen molar-refractivity contribution in [2.45, 2.75) is 18.9 Å². The lowest BCUT2D eigenvalue weighted by Gasteiger charge is -2.42. The van der Waals surface area contributed by atoms with Gasteiger partial charge in [0.1, 0.15) is 5.75 Å². The molecule has 0 aromatic heterocycles. The van der Waals surface area contributed by atoms with Crippen molar-refractivity contribution in [3.63, 3.8) is 0 Å². The highest BCUT2D eigenvalue weighted by atomic mass is 127. The first-order valence-corrected chi connectivity index (χ1v) is 12.7. The topological polar surface area (TPSA) is 52.6 Å². The maximum absolute atomic E-state index is 5.61. The van der Waals surface area contributed by atoms with Crippen LogP contribution in [-0.4, -0.2) is 105 Å². The Kier molecular flexibility index (Phi) is 10.1. The Morgan fingerprint density at radius 3 is 2.62 bits per heavy atom. The zero-order chi connectivity index (χ0) is 21.5. The minimum atomic E-state index is 0. The van der Waals surface area contributed by atoms with Crippen LogP contribution in [-0.2, 0) is 4.74 Å². The van der Waals surface area contributed by atoms with Gasteiger partial charge in [-0.05, 0) is 31.2 Å². The molecule has 180 valence electrons. The quantitative estimate of drug-likeness (QED) is 0.318. The molecule has 3 fully saturated rings. The number of nitrogens with one attached hydrogen (secondary N) is 1. The average molecular weight is 576 g/mol. The number of thioether (sulfide) groups is 1. The van der Waals surface area contributed by atoms with Crippen molar-refractivity contribution in [3.05, 3.63) is 24.3 Å². The summed E-state index contributed by atoms with van der Waals surface area (Å²) in [4.78, 5) is 12.7. The van der Waals surface area contributed by atoms with E-state index in [1.807, 2.05) is 6.07 Å². The smallest absolute Gasteiger partial charge is 0.194 e. The number of halogens is 1. The monoisotopic (exact) mass is 575 g/mol. The number of benzene rings is 1. The van der Waals surface area contributed by atoms with E-state index < -0.39 is 0 Å². The van der Waals surface area contributed by atoms with Gasteiger partial charge in [-0.25, -0.2) is 0 Å². The maximum Gasteiger partial charge on any atom is 0.194 e. The Labute approximate surface area is 214 Å². The molecule has 9 heteroatoms. The second kappa shape index (κ2) is 12.5. The van der Waals surface area contributed by atoms with Crippen LogP contribution in [0, 0.1) is 0 Å². The van der Waals surface area contributed by atoms with E-state index in [0.717, 1.165) is 77.3 Å². The second-order valence-corrected chi connectivity index (χ2v) is 9.58. The average Bonchev–Trinajstić information content (AvgIpc) is 3.33. The van der Waals surface area contributed by atoms with Crippen LogP contribution in [0.3, 0.4) is 0 Å². The predicted molar refractivity (Wildman–Crippen MR) is 145 cm³/mol. The first kappa shape index (κ1) is 25.7. The third-order valence-corrected chi connectivity index (χ3v) is 7.85. The molecule has 0 bridgehead atoms. The number of anilines is 1. The summed E-state index contributed by atoms with van der Waals surface area (Å²) in [6, 6.07) is 8.36. The summed E-state index contributed by atoms with van der Waals surface area (Å²) in [5.74, 6) is 4.40. The SMILES string of the molecule is CCNC(=NCC1(N2CCOCC2)CCSC1)N1CCN(c2cccc(OC)c2)CC1.I. The van der Waals surface area contributed by atoms with E-state index in [-0.39, 0.29) is 29.5 Å². The number of ether oxygens (including phenoxy) is 2. The molecule has 1 aromatic rings. The van der Waals surface area contributed by atoms with Crippen molar-refractivity contribution in [3.8, 4) is 5.75 Å². The molecule has 4 rings (SSSR count). The van der Waals surface area contributed by atoms with Gasteiger partial charge >= 0.3 is 0 Å². The summed E-state index contributed by atoms with van der Waals surface area (Å²) in [6.07, 6.45) is 1.23. The van der Waals surface area contributed by atoms with Crippen molar-refractivity contribution in [2.75, 3.05) is 89.1 Å². The largest absolute Gasteiger partial charge is 0.497 e. The maximum atomic E-state index is 5.61. The van der Waals surface area contributed by atoms with E-state index in [1.54, 1.807) is 7.11 Å². The molecule has 3 heterocycles. The van der Waals surface area contributed by atoms with Gasteiger partial charge in [-0.1, -0.05) is 6.07 Å². The van der Waals surface area contributed by atoms with E-state index in [1.165, 1.54) is 23.6 Å². The summed E-state index contributed by atoms with van der Waals surface area (Å²) in [6.45, 7) is 11.6.